The van der Waals surface area contributed by atoms with Crippen molar-refractivity contribution in [1.82, 2.24) is 4.90 Å². The van der Waals surface area contributed by atoms with Crippen molar-refractivity contribution < 1.29 is 0 Å². The Hall–Kier alpha value is -1.24. The van der Waals surface area contributed by atoms with Crippen molar-refractivity contribution in [1.29, 1.82) is 5.26 Å². The lowest BCUT2D eigenvalue weighted by atomic mass is 10.1. The highest BCUT2D eigenvalue weighted by molar-refractivity contribution is 6.32. The van der Waals surface area contributed by atoms with Gasteiger partial charge in [0, 0.05) is 25.3 Å². The molecule has 19 heavy (non-hydrogen) atoms. The van der Waals surface area contributed by atoms with Crippen LogP contribution in [0.25, 0.3) is 0 Å². The Morgan fingerprint density at radius 2 is 1.95 bits per heavy atom. The summed E-state index contributed by atoms with van der Waals surface area (Å²) in [6.45, 7) is 7.33. The van der Waals surface area contributed by atoms with Gasteiger partial charge in [0.2, 0.25) is 0 Å². The molecule has 1 aromatic rings. The number of hydrogen-bond acceptors (Lipinski definition) is 3. The van der Waals surface area contributed by atoms with E-state index >= 15 is 0 Å². The lowest BCUT2D eigenvalue weighted by Gasteiger charge is -2.28. The molecule has 0 N–H and O–H groups in total. The maximum atomic E-state index is 8.91. The average Bonchev–Trinajstić information content (AvgIpc) is 2.33. The molecule has 1 rings (SSSR count). The van der Waals surface area contributed by atoms with Crippen molar-refractivity contribution in [3.8, 4) is 6.07 Å². The van der Waals surface area contributed by atoms with Crippen molar-refractivity contribution in [3.63, 3.8) is 0 Å². The van der Waals surface area contributed by atoms with Crippen LogP contribution in [0.3, 0.4) is 0 Å². The summed E-state index contributed by atoms with van der Waals surface area (Å²) >= 11 is 6.11. The van der Waals surface area contributed by atoms with E-state index in [1.807, 2.05) is 12.1 Å². The van der Waals surface area contributed by atoms with Crippen molar-refractivity contribution in [2.75, 3.05) is 38.6 Å². The summed E-state index contributed by atoms with van der Waals surface area (Å²) in [4.78, 5) is 4.48. The number of nitriles is 1. The van der Waals surface area contributed by atoms with Crippen molar-refractivity contribution in [2.45, 2.75) is 13.8 Å². The quantitative estimate of drug-likeness (QED) is 0.801. The Kier molecular flexibility index (Phi) is 6.14. The van der Waals surface area contributed by atoms with Gasteiger partial charge in [-0.2, -0.15) is 5.26 Å². The Bertz CT molecular complexity index is 449. The molecule has 0 spiro atoms. The molecule has 0 heterocycles. The SMILES string of the molecule is CC(C)CN(CCN(C)C)c1ccc(C#N)c(Cl)c1. The van der Waals surface area contributed by atoms with E-state index in [0.717, 1.165) is 25.3 Å². The van der Waals surface area contributed by atoms with Crippen LogP contribution in [-0.4, -0.2) is 38.6 Å². The molecule has 0 atom stereocenters. The second-order valence-corrected chi connectivity index (χ2v) is 5.83. The number of benzene rings is 1. The minimum Gasteiger partial charge on any atom is -0.370 e. The number of anilines is 1. The monoisotopic (exact) mass is 279 g/mol. The van der Waals surface area contributed by atoms with Gasteiger partial charge in [-0.1, -0.05) is 25.4 Å². The molecular weight excluding hydrogens is 258 g/mol. The predicted molar refractivity (Wildman–Crippen MR) is 81.8 cm³/mol. The topological polar surface area (TPSA) is 30.3 Å². The molecule has 4 heteroatoms. The first kappa shape index (κ1) is 15.8. The summed E-state index contributed by atoms with van der Waals surface area (Å²) in [5.41, 5.74) is 1.61. The zero-order valence-electron chi connectivity index (χ0n) is 12.2. The lowest BCUT2D eigenvalue weighted by molar-refractivity contribution is 0.409. The summed E-state index contributed by atoms with van der Waals surface area (Å²) < 4.78 is 0. The van der Waals surface area contributed by atoms with Crippen LogP contribution in [0.5, 0.6) is 0 Å². The number of rotatable bonds is 6. The van der Waals surface area contributed by atoms with Crippen molar-refractivity contribution >= 4 is 17.3 Å². The zero-order chi connectivity index (χ0) is 14.4. The molecule has 0 aliphatic carbocycles. The fourth-order valence-corrected chi connectivity index (χ4v) is 2.10. The Labute approximate surface area is 121 Å². The first-order chi connectivity index (χ1) is 8.93. The third-order valence-electron chi connectivity index (χ3n) is 2.84. The van der Waals surface area contributed by atoms with Crippen molar-refractivity contribution in [2.24, 2.45) is 5.92 Å². The van der Waals surface area contributed by atoms with Gasteiger partial charge in [-0.3, -0.25) is 0 Å². The summed E-state index contributed by atoms with van der Waals surface area (Å²) in [5, 5.41) is 9.44. The third kappa shape index (κ3) is 5.10. The molecular formula is C15H22ClN3. The second kappa shape index (κ2) is 7.37. The van der Waals surface area contributed by atoms with Crippen LogP contribution in [0.1, 0.15) is 19.4 Å². The molecule has 0 radical (unpaired) electrons. The van der Waals surface area contributed by atoms with Crippen LogP contribution in [0, 0.1) is 17.2 Å². The first-order valence-corrected chi connectivity index (χ1v) is 6.91. The van der Waals surface area contributed by atoms with E-state index in [-0.39, 0.29) is 0 Å². The molecule has 3 nitrogen and oxygen atoms in total. The van der Waals surface area contributed by atoms with Crippen molar-refractivity contribution in [3.05, 3.63) is 28.8 Å². The highest BCUT2D eigenvalue weighted by atomic mass is 35.5. The number of halogens is 1. The first-order valence-electron chi connectivity index (χ1n) is 6.53. The lowest BCUT2D eigenvalue weighted by Crippen LogP contribution is -2.34. The van der Waals surface area contributed by atoms with Crippen LogP contribution >= 0.6 is 11.6 Å². The minimum atomic E-state index is 0.526. The smallest absolute Gasteiger partial charge is 0.101 e. The number of hydrogen-bond donors (Lipinski definition) is 0. The third-order valence-corrected chi connectivity index (χ3v) is 3.15. The largest absolute Gasteiger partial charge is 0.370 e. The van der Waals surface area contributed by atoms with E-state index in [0.29, 0.717) is 16.5 Å². The maximum Gasteiger partial charge on any atom is 0.101 e. The summed E-state index contributed by atoms with van der Waals surface area (Å²) in [6, 6.07) is 7.75. The maximum absolute atomic E-state index is 8.91. The van der Waals surface area contributed by atoms with Crippen LogP contribution < -0.4 is 4.90 Å². The van der Waals surface area contributed by atoms with Gasteiger partial charge in [0.05, 0.1) is 10.6 Å². The van der Waals surface area contributed by atoms with Gasteiger partial charge in [-0.05, 0) is 38.2 Å². The second-order valence-electron chi connectivity index (χ2n) is 5.42. The molecule has 0 saturated carbocycles. The van der Waals surface area contributed by atoms with Crippen LogP contribution in [0.4, 0.5) is 5.69 Å². The van der Waals surface area contributed by atoms with Gasteiger partial charge in [-0.15, -0.1) is 0 Å². The van der Waals surface area contributed by atoms with Gasteiger partial charge >= 0.3 is 0 Å². The van der Waals surface area contributed by atoms with E-state index in [2.05, 4.69) is 43.8 Å². The molecule has 0 aliphatic rings. The van der Waals surface area contributed by atoms with E-state index < -0.39 is 0 Å². The molecule has 0 amide bonds. The Morgan fingerprint density at radius 3 is 2.42 bits per heavy atom. The van der Waals surface area contributed by atoms with Gasteiger partial charge in [-0.25, -0.2) is 0 Å². The molecule has 0 bridgehead atoms. The van der Waals surface area contributed by atoms with Gasteiger partial charge in [0.25, 0.3) is 0 Å². The molecule has 0 aliphatic heterocycles. The van der Waals surface area contributed by atoms with E-state index in [1.165, 1.54) is 0 Å². The van der Waals surface area contributed by atoms with Crippen LogP contribution in [-0.2, 0) is 0 Å². The minimum absolute atomic E-state index is 0.526. The van der Waals surface area contributed by atoms with Gasteiger partial charge < -0.3 is 9.80 Å². The van der Waals surface area contributed by atoms with E-state index in [1.54, 1.807) is 6.07 Å². The number of likely N-dealkylation sites (N-methyl/N-ethyl adjacent to an activating group) is 1. The molecule has 0 unspecified atom stereocenters. The summed E-state index contributed by atoms with van der Waals surface area (Å²) in [5.74, 6) is 0.580. The average molecular weight is 280 g/mol. The van der Waals surface area contributed by atoms with Gasteiger partial charge in [0.15, 0.2) is 0 Å². The fourth-order valence-electron chi connectivity index (χ4n) is 1.88. The Morgan fingerprint density at radius 1 is 1.26 bits per heavy atom. The zero-order valence-corrected chi connectivity index (χ0v) is 12.9. The fraction of sp³-hybridized carbons (Fsp3) is 0.533. The molecule has 0 saturated heterocycles. The highest BCUT2D eigenvalue weighted by Crippen LogP contribution is 2.23. The van der Waals surface area contributed by atoms with Crippen LogP contribution in [0.2, 0.25) is 5.02 Å². The molecule has 104 valence electrons. The molecule has 1 aromatic carbocycles. The Balaban J connectivity index is 2.90. The highest BCUT2D eigenvalue weighted by Gasteiger charge is 2.11. The summed E-state index contributed by atoms with van der Waals surface area (Å²) in [6.07, 6.45) is 0. The number of nitrogens with zero attached hydrogens (tertiary/aromatic N) is 3. The van der Waals surface area contributed by atoms with Crippen LogP contribution in [0.15, 0.2) is 18.2 Å². The predicted octanol–water partition coefficient (Wildman–Crippen LogP) is 3.24. The van der Waals surface area contributed by atoms with E-state index in [9.17, 15) is 0 Å². The molecule has 0 fully saturated rings. The normalized spacial score (nSPS) is 10.8. The standard InChI is InChI=1S/C15H22ClN3/c1-12(2)11-19(8-7-18(3)4)14-6-5-13(10-17)15(16)9-14/h5-6,9,12H,7-8,11H2,1-4H3. The summed E-state index contributed by atoms with van der Waals surface area (Å²) in [7, 11) is 4.14. The van der Waals surface area contributed by atoms with E-state index in [4.69, 9.17) is 16.9 Å². The van der Waals surface area contributed by atoms with Gasteiger partial charge in [0.1, 0.15) is 6.07 Å². The molecule has 0 aromatic heterocycles.